The van der Waals surface area contributed by atoms with Gasteiger partial charge >= 0.3 is 0 Å². The van der Waals surface area contributed by atoms with Crippen molar-refractivity contribution in [3.8, 4) is 0 Å². The molecular weight excluding hydrogens is 522 g/mol. The van der Waals surface area contributed by atoms with E-state index in [9.17, 15) is 26.8 Å². The minimum atomic E-state index is -3.63. The van der Waals surface area contributed by atoms with Gasteiger partial charge in [0, 0.05) is 13.0 Å². The van der Waals surface area contributed by atoms with Crippen LogP contribution in [0.5, 0.6) is 0 Å². The van der Waals surface area contributed by atoms with Gasteiger partial charge in [0.15, 0.2) is 15.0 Å². The highest BCUT2D eigenvalue weighted by Crippen LogP contribution is 2.30. The van der Waals surface area contributed by atoms with Gasteiger partial charge in [0.05, 0.1) is 43.6 Å². The van der Waals surface area contributed by atoms with E-state index in [0.29, 0.717) is 10.2 Å². The summed E-state index contributed by atoms with van der Waals surface area (Å²) in [6.45, 7) is 0.201. The first-order valence-corrected chi connectivity index (χ1v) is 13.4. The number of likely N-dealkylation sites (tertiary alicyclic amines) is 1. The lowest BCUT2D eigenvalue weighted by atomic mass is 10.1. The Morgan fingerprint density at radius 3 is 2.66 bits per heavy atom. The summed E-state index contributed by atoms with van der Waals surface area (Å²) < 4.78 is 52.7. The molecule has 3 N–H and O–H groups in total. The van der Waals surface area contributed by atoms with E-state index in [0.717, 1.165) is 11.3 Å². The SMILES string of the molecule is NC(=O)c1cccc(C(=O)Nc2nc3ccc(S(=O)(=O)CCCN4CCC(F)(F)C4)cc3s2)c1Cl. The first-order chi connectivity index (χ1) is 16.4. The fourth-order valence-electron chi connectivity index (χ4n) is 3.81. The molecule has 2 aromatic carbocycles. The lowest BCUT2D eigenvalue weighted by Crippen LogP contribution is -2.27. The van der Waals surface area contributed by atoms with E-state index in [1.54, 1.807) is 4.90 Å². The van der Waals surface area contributed by atoms with E-state index in [1.807, 2.05) is 0 Å². The topological polar surface area (TPSA) is 122 Å². The van der Waals surface area contributed by atoms with Crippen LogP contribution in [0.25, 0.3) is 10.2 Å². The lowest BCUT2D eigenvalue weighted by Gasteiger charge is -2.15. The number of aromatic nitrogens is 1. The van der Waals surface area contributed by atoms with Crippen LogP contribution in [0.2, 0.25) is 5.02 Å². The molecule has 4 rings (SSSR count). The quantitative estimate of drug-likeness (QED) is 0.446. The standard InChI is InChI=1S/C22H21ClF2N4O4S2/c23-18-14(19(26)30)3-1-4-15(18)20(31)28-21-27-16-6-5-13(11-17(16)34-21)35(32,33)10-2-8-29-9-7-22(24,25)12-29/h1,3-6,11H,2,7-10,12H2,(H2,26,30)(H,27,28,31). The van der Waals surface area contributed by atoms with Gasteiger partial charge in [0.2, 0.25) is 5.91 Å². The average molecular weight is 543 g/mol. The van der Waals surface area contributed by atoms with Crippen molar-refractivity contribution in [3.05, 3.63) is 52.5 Å². The fraction of sp³-hybridized carbons (Fsp3) is 0.318. The van der Waals surface area contributed by atoms with E-state index in [-0.39, 0.29) is 64.4 Å². The molecule has 1 saturated heterocycles. The number of anilines is 1. The summed E-state index contributed by atoms with van der Waals surface area (Å²) in [5.74, 6) is -4.24. The number of amides is 2. The van der Waals surface area contributed by atoms with Gasteiger partial charge in [-0.25, -0.2) is 22.2 Å². The van der Waals surface area contributed by atoms with Crippen LogP contribution >= 0.6 is 22.9 Å². The van der Waals surface area contributed by atoms with Crippen LogP contribution in [0.1, 0.15) is 33.6 Å². The van der Waals surface area contributed by atoms with Gasteiger partial charge in [0.1, 0.15) is 0 Å². The summed E-state index contributed by atoms with van der Waals surface area (Å²) in [4.78, 5) is 30.1. The van der Waals surface area contributed by atoms with Crippen LogP contribution in [0, 0.1) is 0 Å². The Bertz CT molecular complexity index is 1410. The maximum Gasteiger partial charge on any atom is 0.261 e. The van der Waals surface area contributed by atoms with Gasteiger partial charge in [-0.1, -0.05) is 29.0 Å². The maximum absolute atomic E-state index is 13.3. The van der Waals surface area contributed by atoms with Gasteiger partial charge < -0.3 is 5.73 Å². The van der Waals surface area contributed by atoms with Crippen LogP contribution in [-0.2, 0) is 9.84 Å². The highest BCUT2D eigenvalue weighted by atomic mass is 35.5. The first-order valence-electron chi connectivity index (χ1n) is 10.6. The highest BCUT2D eigenvalue weighted by molar-refractivity contribution is 7.91. The smallest absolute Gasteiger partial charge is 0.261 e. The number of thiazole rings is 1. The number of nitrogens with zero attached hydrogens (tertiary/aromatic N) is 2. The van der Waals surface area contributed by atoms with Gasteiger partial charge in [-0.3, -0.25) is 19.8 Å². The Labute approximate surface area is 209 Å². The van der Waals surface area contributed by atoms with Gasteiger partial charge in [-0.05, 0) is 43.3 Å². The summed E-state index contributed by atoms with van der Waals surface area (Å²) >= 11 is 7.20. The van der Waals surface area contributed by atoms with E-state index in [2.05, 4.69) is 10.3 Å². The maximum atomic E-state index is 13.3. The number of rotatable bonds is 8. The predicted octanol–water partition coefficient (Wildman–Crippen LogP) is 3.81. The molecule has 0 spiro atoms. The predicted molar refractivity (Wildman–Crippen MR) is 130 cm³/mol. The third-order valence-electron chi connectivity index (χ3n) is 5.58. The number of nitrogens with one attached hydrogen (secondary N) is 1. The van der Waals surface area contributed by atoms with Crippen molar-refractivity contribution in [2.45, 2.75) is 23.7 Å². The Hall–Kier alpha value is -2.67. The van der Waals surface area contributed by atoms with E-state index >= 15 is 0 Å². The number of carbonyl (C=O) groups is 2. The second-order valence-corrected chi connectivity index (χ2v) is 11.7. The summed E-state index contributed by atoms with van der Waals surface area (Å²) in [5, 5.41) is 2.74. The molecule has 1 aromatic heterocycles. The van der Waals surface area contributed by atoms with Crippen molar-refractivity contribution in [3.63, 3.8) is 0 Å². The largest absolute Gasteiger partial charge is 0.366 e. The summed E-state index contributed by atoms with van der Waals surface area (Å²) in [7, 11) is -3.63. The fourth-order valence-corrected chi connectivity index (χ4v) is 6.41. The number of fused-ring (bicyclic) bond motifs is 1. The molecule has 186 valence electrons. The van der Waals surface area contributed by atoms with Crippen molar-refractivity contribution >= 4 is 59.9 Å². The van der Waals surface area contributed by atoms with Crippen molar-refractivity contribution in [1.29, 1.82) is 0 Å². The van der Waals surface area contributed by atoms with Gasteiger partial charge in [-0.15, -0.1) is 0 Å². The zero-order valence-corrected chi connectivity index (χ0v) is 20.7. The van der Waals surface area contributed by atoms with E-state index in [1.165, 1.54) is 36.4 Å². The number of primary amides is 1. The van der Waals surface area contributed by atoms with E-state index < -0.39 is 27.6 Å². The molecule has 3 aromatic rings. The molecule has 8 nitrogen and oxygen atoms in total. The molecular formula is C22H21ClF2N4O4S2. The molecule has 1 aliphatic heterocycles. The van der Waals surface area contributed by atoms with Gasteiger partial charge in [-0.2, -0.15) is 0 Å². The molecule has 0 unspecified atom stereocenters. The van der Waals surface area contributed by atoms with Gasteiger partial charge in [0.25, 0.3) is 11.8 Å². The Morgan fingerprint density at radius 1 is 1.23 bits per heavy atom. The van der Waals surface area contributed by atoms with E-state index in [4.69, 9.17) is 17.3 Å². The highest BCUT2D eigenvalue weighted by Gasteiger charge is 2.37. The van der Waals surface area contributed by atoms with Crippen molar-refractivity contribution in [2.75, 3.05) is 30.7 Å². The molecule has 0 atom stereocenters. The summed E-state index contributed by atoms with van der Waals surface area (Å²) in [6, 6.07) is 8.76. The monoisotopic (exact) mass is 542 g/mol. The number of benzene rings is 2. The van der Waals surface area contributed by atoms with Crippen LogP contribution in [-0.4, -0.2) is 61.4 Å². The first kappa shape index (κ1) is 25.4. The number of halogens is 3. The molecule has 2 heterocycles. The normalized spacial score (nSPS) is 16.0. The Kier molecular flexibility index (Phi) is 7.09. The van der Waals surface area contributed by atoms with Crippen molar-refractivity contribution in [1.82, 2.24) is 9.88 Å². The zero-order chi connectivity index (χ0) is 25.4. The van der Waals surface area contributed by atoms with Crippen LogP contribution in [0.3, 0.4) is 0 Å². The molecule has 0 bridgehead atoms. The molecule has 1 aliphatic rings. The van der Waals surface area contributed by atoms with Crippen molar-refractivity contribution < 1.29 is 26.8 Å². The second kappa shape index (κ2) is 9.76. The average Bonchev–Trinajstić information content (AvgIpc) is 3.34. The molecule has 35 heavy (non-hydrogen) atoms. The Morgan fingerprint density at radius 2 is 1.97 bits per heavy atom. The second-order valence-electron chi connectivity index (χ2n) is 8.19. The molecule has 0 saturated carbocycles. The number of hydrogen-bond acceptors (Lipinski definition) is 7. The third kappa shape index (κ3) is 5.77. The minimum Gasteiger partial charge on any atom is -0.366 e. The number of nitrogens with two attached hydrogens (primary N) is 1. The molecule has 2 amide bonds. The minimum absolute atomic E-state index is 0.0110. The lowest BCUT2D eigenvalue weighted by molar-refractivity contribution is 0.0123. The molecule has 1 fully saturated rings. The molecule has 13 heteroatoms. The number of alkyl halides is 2. The number of sulfone groups is 1. The van der Waals surface area contributed by atoms with Crippen LogP contribution in [0.15, 0.2) is 41.3 Å². The Balaban J connectivity index is 1.45. The summed E-state index contributed by atoms with van der Waals surface area (Å²) in [5.41, 5.74) is 5.80. The third-order valence-corrected chi connectivity index (χ3v) is 8.72. The number of carbonyl (C=O) groups excluding carboxylic acids is 2. The zero-order valence-electron chi connectivity index (χ0n) is 18.3. The number of hydrogen-bond donors (Lipinski definition) is 2. The molecule has 0 radical (unpaired) electrons. The summed E-state index contributed by atoms with van der Waals surface area (Å²) in [6.07, 6.45) is 0.0367. The molecule has 0 aliphatic carbocycles. The van der Waals surface area contributed by atoms with Crippen LogP contribution in [0.4, 0.5) is 13.9 Å². The van der Waals surface area contributed by atoms with Crippen LogP contribution < -0.4 is 11.1 Å². The van der Waals surface area contributed by atoms with Crippen molar-refractivity contribution in [2.24, 2.45) is 5.73 Å².